The van der Waals surface area contributed by atoms with E-state index in [0.717, 1.165) is 29.5 Å². The average molecular weight is 1520 g/mol. The number of hydrogen-bond acceptors (Lipinski definition) is 3. The van der Waals surface area contributed by atoms with Crippen LogP contribution in [0.1, 0.15) is 136 Å². The van der Waals surface area contributed by atoms with Gasteiger partial charge in [-0.3, -0.25) is 0 Å². The van der Waals surface area contributed by atoms with Crippen LogP contribution >= 0.6 is 0 Å². The Morgan fingerprint density at radius 2 is 0.565 bits per heavy atom. The molecular formula is C107H117N8+5. The maximum absolute atomic E-state index is 4.71. The molecular weight excluding hydrogens is 1400 g/mol. The zero-order valence-electron chi connectivity index (χ0n) is 71.5. The van der Waals surface area contributed by atoms with Crippen LogP contribution in [0.3, 0.4) is 0 Å². The van der Waals surface area contributed by atoms with Crippen LogP contribution in [0.5, 0.6) is 0 Å². The van der Waals surface area contributed by atoms with Crippen molar-refractivity contribution in [2.45, 2.75) is 128 Å². The van der Waals surface area contributed by atoms with Crippen LogP contribution in [-0.2, 0) is 41.7 Å². The summed E-state index contributed by atoms with van der Waals surface area (Å²) in [6, 6.07) is 102. The molecule has 0 bridgehead atoms. The molecule has 0 N–H and O–H groups in total. The topological polar surface area (TPSA) is 58.1 Å². The van der Waals surface area contributed by atoms with E-state index in [-0.39, 0.29) is 11.8 Å². The molecule has 0 aliphatic carbocycles. The molecule has 8 nitrogen and oxygen atoms in total. The van der Waals surface area contributed by atoms with Crippen LogP contribution in [-0.4, -0.2) is 15.0 Å². The number of nitrogens with zero attached hydrogens (tertiary/aromatic N) is 8. The van der Waals surface area contributed by atoms with Crippen molar-refractivity contribution in [2.75, 3.05) is 0 Å². The third-order valence-electron chi connectivity index (χ3n) is 21.2. The molecule has 8 heteroatoms. The number of aryl methyl sites for hydroxylation is 11. The van der Waals surface area contributed by atoms with Crippen LogP contribution in [0.2, 0.25) is 0 Å². The third kappa shape index (κ3) is 21.9. The van der Waals surface area contributed by atoms with Gasteiger partial charge < -0.3 is 0 Å². The third-order valence-corrected chi connectivity index (χ3v) is 21.2. The highest BCUT2D eigenvalue weighted by molar-refractivity contribution is 5.75. The number of benzene rings is 9. The summed E-state index contributed by atoms with van der Waals surface area (Å²) in [7, 11) is 10.5. The summed E-state index contributed by atoms with van der Waals surface area (Å²) in [6.45, 7) is 32.7. The molecule has 0 aliphatic heterocycles. The van der Waals surface area contributed by atoms with Crippen LogP contribution in [0.15, 0.2) is 316 Å². The fraction of sp³-hybridized carbons (Fsp3) is 0.234. The van der Waals surface area contributed by atoms with Crippen molar-refractivity contribution in [2.24, 2.45) is 40.7 Å². The van der Waals surface area contributed by atoms with Crippen molar-refractivity contribution in [1.82, 2.24) is 15.0 Å². The van der Waals surface area contributed by atoms with Gasteiger partial charge in [0.15, 0.2) is 36.8 Å². The van der Waals surface area contributed by atoms with Crippen LogP contribution in [0.25, 0.3) is 112 Å². The maximum Gasteiger partial charge on any atom is 0.213 e. The van der Waals surface area contributed by atoms with Crippen molar-refractivity contribution in [1.29, 1.82) is 0 Å². The molecule has 0 fully saturated rings. The van der Waals surface area contributed by atoms with E-state index in [2.05, 4.69) is 483 Å². The predicted molar refractivity (Wildman–Crippen MR) is 480 cm³/mol. The minimum absolute atomic E-state index is 0.272. The summed E-state index contributed by atoms with van der Waals surface area (Å²) < 4.78 is 10.9. The van der Waals surface area contributed by atoms with Crippen LogP contribution in [0, 0.1) is 47.0 Å². The highest BCUT2D eigenvalue weighted by Crippen LogP contribution is 2.33. The smallest absolute Gasteiger partial charge is 0.213 e. The van der Waals surface area contributed by atoms with E-state index in [9.17, 15) is 0 Å². The summed E-state index contributed by atoms with van der Waals surface area (Å²) in [5.41, 5.74) is 34.5. The molecule has 9 aromatic carbocycles. The van der Waals surface area contributed by atoms with Gasteiger partial charge in [-0.2, -0.15) is 0 Å². The zero-order chi connectivity index (χ0) is 82.0. The molecule has 0 unspecified atom stereocenters. The van der Waals surface area contributed by atoms with Crippen molar-refractivity contribution in [3.05, 3.63) is 372 Å². The molecule has 0 saturated carbocycles. The van der Waals surface area contributed by atoms with E-state index in [1.165, 1.54) is 145 Å². The monoisotopic (exact) mass is 1510 g/mol. The van der Waals surface area contributed by atoms with Gasteiger partial charge in [-0.15, -0.1) is 0 Å². The van der Waals surface area contributed by atoms with Gasteiger partial charge >= 0.3 is 0 Å². The lowest BCUT2D eigenvalue weighted by Crippen LogP contribution is -2.31. The van der Waals surface area contributed by atoms with E-state index < -0.39 is 0 Å². The predicted octanol–water partition coefficient (Wildman–Crippen LogP) is 24.2. The minimum atomic E-state index is 0.272. The highest BCUT2D eigenvalue weighted by atomic mass is 15.0. The SMILES string of the molecule is Cc1ccc(-c2cc[n+](C)c(-c3ccccc3C)c2)cc1.Cc1ccccc1-c1cc(-c2ccc(C(C)C)cc2)cc[n+]1C.Cc1ccccc1-c1cc(-c2ccc(CC(C)(C)C)cc2)cc[n+]1C.Cc1ccccc1-c1cc(-c2ccccc2)cc[n+]1C.Cc1ccccc1-c1ccc(-c2nc(C(C)C)nc(C(C)C)n2)c[n+]1C. The minimum Gasteiger partial charge on any atom is -0.217 e. The van der Waals surface area contributed by atoms with E-state index in [4.69, 9.17) is 9.97 Å². The summed E-state index contributed by atoms with van der Waals surface area (Å²) in [5.74, 6) is 3.57. The normalized spacial score (nSPS) is 11.1. The first-order valence-corrected chi connectivity index (χ1v) is 40.5. The molecule has 0 aliphatic rings. The van der Waals surface area contributed by atoms with Crippen molar-refractivity contribution >= 4 is 0 Å². The first-order valence-electron chi connectivity index (χ1n) is 40.5. The number of aromatic nitrogens is 8. The van der Waals surface area contributed by atoms with Gasteiger partial charge in [0.2, 0.25) is 28.5 Å². The molecule has 0 amide bonds. The summed E-state index contributed by atoms with van der Waals surface area (Å²) in [4.78, 5) is 14.1. The molecule has 6 heterocycles. The molecule has 6 aromatic heterocycles. The summed E-state index contributed by atoms with van der Waals surface area (Å²) in [5, 5.41) is 0. The van der Waals surface area contributed by atoms with Gasteiger partial charge in [0, 0.05) is 94.3 Å². The van der Waals surface area contributed by atoms with Crippen molar-refractivity contribution < 1.29 is 22.8 Å². The molecule has 580 valence electrons. The molecule has 0 radical (unpaired) electrons. The highest BCUT2D eigenvalue weighted by Gasteiger charge is 2.22. The summed E-state index contributed by atoms with van der Waals surface area (Å²) in [6.07, 6.45) is 11.8. The standard InChI is InChI=1S/C24H28N.C22H27N4.C22H24N.C20H20N.C19H18N/c1-18-8-6-7-9-22(18)23-16-21(14-15-25(23)5)20-12-10-19(11-13-20)17-24(2,3)4;1-14(2)20-23-21(15(3)4)25-22(24-20)17-11-12-19(26(6)13-17)18-10-8-7-9-16(18)5;1-16(2)18-9-11-19(12-10-18)20-13-14-23(4)22(15-20)21-8-6-5-7-17(21)3;1-15-8-10-17(11-9-15)18-12-13-21(3)20(14-18)19-7-5-4-6-16(19)2;1-15-8-6-7-11-18(15)19-14-17(12-13-20(19)2)16-9-4-3-5-10-16/h6-16H,17H2,1-5H3;7-15H,1-6H3;5-16H,1-4H3;4-14H,1-3H3;3-14H,1-2H3/q5*+1. The Morgan fingerprint density at radius 1 is 0.270 bits per heavy atom. The van der Waals surface area contributed by atoms with E-state index in [1.807, 2.05) is 0 Å². The van der Waals surface area contributed by atoms with E-state index >= 15 is 0 Å². The Labute approximate surface area is 686 Å². The lowest BCUT2D eigenvalue weighted by atomic mass is 9.87. The number of hydrogen-bond donors (Lipinski definition) is 0. The molecule has 0 spiro atoms. The molecule has 0 atom stereocenters. The van der Waals surface area contributed by atoms with Crippen LogP contribution in [0.4, 0.5) is 0 Å². The van der Waals surface area contributed by atoms with Gasteiger partial charge in [-0.1, -0.05) is 262 Å². The Morgan fingerprint density at radius 3 is 0.878 bits per heavy atom. The lowest BCUT2D eigenvalue weighted by molar-refractivity contribution is -0.660. The zero-order valence-corrected chi connectivity index (χ0v) is 71.5. The van der Waals surface area contributed by atoms with Gasteiger partial charge in [-0.25, -0.2) is 37.8 Å². The average Bonchev–Trinajstić information content (AvgIpc) is 0.822. The van der Waals surface area contributed by atoms with Gasteiger partial charge in [0.05, 0.1) is 5.56 Å². The van der Waals surface area contributed by atoms with Crippen molar-refractivity contribution in [3.8, 4) is 112 Å². The fourth-order valence-corrected chi connectivity index (χ4v) is 14.3. The molecule has 0 saturated heterocycles. The Kier molecular flexibility index (Phi) is 28.0. The second-order valence-corrected chi connectivity index (χ2v) is 32.8. The Hall–Kier alpha value is -12.3. The first kappa shape index (κ1) is 83.7. The quantitative estimate of drug-likeness (QED) is 0.102. The van der Waals surface area contributed by atoms with E-state index in [1.54, 1.807) is 0 Å². The van der Waals surface area contributed by atoms with Gasteiger partial charge in [0.25, 0.3) is 0 Å². The van der Waals surface area contributed by atoms with Gasteiger partial charge in [-0.05, 0) is 179 Å². The Balaban J connectivity index is 0.000000142. The van der Waals surface area contributed by atoms with E-state index in [0.29, 0.717) is 11.3 Å². The van der Waals surface area contributed by atoms with Gasteiger partial charge in [0.1, 0.15) is 46.9 Å². The molecule has 115 heavy (non-hydrogen) atoms. The van der Waals surface area contributed by atoms with Crippen LogP contribution < -0.4 is 22.8 Å². The van der Waals surface area contributed by atoms with Crippen molar-refractivity contribution in [3.63, 3.8) is 0 Å². The summed E-state index contributed by atoms with van der Waals surface area (Å²) >= 11 is 0. The second kappa shape index (κ2) is 38.5. The first-order chi connectivity index (χ1) is 55.2. The maximum atomic E-state index is 4.71. The largest absolute Gasteiger partial charge is 0.217 e. The fourth-order valence-electron chi connectivity index (χ4n) is 14.3. The molecule has 15 rings (SSSR count). The lowest BCUT2D eigenvalue weighted by Gasteiger charge is -2.18. The number of pyridine rings is 5. The molecule has 15 aromatic rings. The second-order valence-electron chi connectivity index (χ2n) is 32.8. The number of rotatable bonds is 14. The Bertz CT molecular complexity index is 5740.